The van der Waals surface area contributed by atoms with E-state index >= 15 is 0 Å². The highest BCUT2D eigenvalue weighted by Gasteiger charge is 2.24. The minimum atomic E-state index is -0.0811. The van der Waals surface area contributed by atoms with Crippen LogP contribution in [-0.2, 0) is 4.74 Å². The van der Waals surface area contributed by atoms with Crippen LogP contribution >= 0.6 is 22.9 Å². The van der Waals surface area contributed by atoms with Crippen LogP contribution < -0.4 is 5.73 Å². The summed E-state index contributed by atoms with van der Waals surface area (Å²) < 4.78 is 6.44. The van der Waals surface area contributed by atoms with Gasteiger partial charge in [0, 0.05) is 11.5 Å². The molecule has 2 unspecified atom stereocenters. The molecule has 0 aliphatic heterocycles. The van der Waals surface area contributed by atoms with E-state index in [1.165, 1.54) is 11.3 Å². The summed E-state index contributed by atoms with van der Waals surface area (Å²) in [4.78, 5) is 1.09. The molecule has 4 heteroatoms. The molecular formula is C11H18ClNOS. The van der Waals surface area contributed by atoms with Gasteiger partial charge in [0.1, 0.15) is 0 Å². The number of hydrogen-bond acceptors (Lipinski definition) is 3. The van der Waals surface area contributed by atoms with Gasteiger partial charge in [-0.3, -0.25) is 0 Å². The van der Waals surface area contributed by atoms with Crippen LogP contribution in [-0.4, -0.2) is 12.7 Å². The second-order valence-electron chi connectivity index (χ2n) is 3.83. The Balaban J connectivity index is 2.75. The molecule has 0 aromatic carbocycles. The minimum absolute atomic E-state index is 0.0599. The third-order valence-electron chi connectivity index (χ3n) is 2.29. The molecule has 0 amide bonds. The molecule has 1 heterocycles. The highest BCUT2D eigenvalue weighted by Crippen LogP contribution is 2.30. The van der Waals surface area contributed by atoms with Crippen LogP contribution in [0.2, 0.25) is 4.34 Å². The predicted molar refractivity (Wildman–Crippen MR) is 66.5 cm³/mol. The summed E-state index contributed by atoms with van der Waals surface area (Å²) in [6.07, 6.45) is 0.0599. The summed E-state index contributed by atoms with van der Waals surface area (Å²) in [5.74, 6) is 0.404. The molecule has 0 bridgehead atoms. The molecule has 0 saturated heterocycles. The monoisotopic (exact) mass is 247 g/mol. The summed E-state index contributed by atoms with van der Waals surface area (Å²) in [5.41, 5.74) is 6.17. The number of hydrogen-bond donors (Lipinski definition) is 1. The maximum Gasteiger partial charge on any atom is 0.0931 e. The average molecular weight is 248 g/mol. The Morgan fingerprint density at radius 3 is 2.53 bits per heavy atom. The zero-order valence-corrected chi connectivity index (χ0v) is 10.9. The molecule has 0 fully saturated rings. The standard InChI is InChI=1S/C11H18ClNOS/c1-4-14-11(7(2)3)10(13)8-5-6-9(12)15-8/h5-7,10-11H,4,13H2,1-3H3. The molecule has 1 aromatic rings. The summed E-state index contributed by atoms with van der Waals surface area (Å²) in [6.45, 7) is 6.92. The van der Waals surface area contributed by atoms with Crippen LogP contribution in [0.5, 0.6) is 0 Å². The molecule has 1 rings (SSSR count). The van der Waals surface area contributed by atoms with Gasteiger partial charge >= 0.3 is 0 Å². The zero-order valence-electron chi connectivity index (χ0n) is 9.37. The highest BCUT2D eigenvalue weighted by molar-refractivity contribution is 7.16. The van der Waals surface area contributed by atoms with Gasteiger partial charge in [0.25, 0.3) is 0 Å². The Morgan fingerprint density at radius 1 is 1.47 bits per heavy atom. The van der Waals surface area contributed by atoms with Crippen molar-refractivity contribution >= 4 is 22.9 Å². The summed E-state index contributed by atoms with van der Waals surface area (Å²) in [7, 11) is 0. The fourth-order valence-corrected chi connectivity index (χ4v) is 2.67. The van der Waals surface area contributed by atoms with Crippen molar-refractivity contribution in [3.8, 4) is 0 Å². The van der Waals surface area contributed by atoms with E-state index in [-0.39, 0.29) is 12.1 Å². The first-order valence-electron chi connectivity index (χ1n) is 5.18. The maximum atomic E-state index is 6.17. The second-order valence-corrected chi connectivity index (χ2v) is 5.58. The molecule has 1 aromatic heterocycles. The Morgan fingerprint density at radius 2 is 2.13 bits per heavy atom. The predicted octanol–water partition coefficient (Wildman–Crippen LogP) is 3.46. The van der Waals surface area contributed by atoms with E-state index in [4.69, 9.17) is 22.1 Å². The molecule has 15 heavy (non-hydrogen) atoms. The maximum absolute atomic E-state index is 6.17. The van der Waals surface area contributed by atoms with Gasteiger partial charge in [-0.1, -0.05) is 25.4 Å². The van der Waals surface area contributed by atoms with Crippen molar-refractivity contribution in [1.82, 2.24) is 0 Å². The molecule has 0 saturated carbocycles. The highest BCUT2D eigenvalue weighted by atomic mass is 35.5. The molecular weight excluding hydrogens is 230 g/mol. The molecule has 0 radical (unpaired) electrons. The molecule has 2 atom stereocenters. The normalized spacial score (nSPS) is 15.6. The topological polar surface area (TPSA) is 35.2 Å². The van der Waals surface area contributed by atoms with Crippen LogP contribution in [0.3, 0.4) is 0 Å². The zero-order chi connectivity index (χ0) is 11.4. The van der Waals surface area contributed by atoms with Gasteiger partial charge in [0.05, 0.1) is 16.5 Å². The van der Waals surface area contributed by atoms with E-state index in [2.05, 4.69) is 13.8 Å². The van der Waals surface area contributed by atoms with E-state index in [0.29, 0.717) is 12.5 Å². The van der Waals surface area contributed by atoms with Crippen molar-refractivity contribution in [2.45, 2.75) is 32.9 Å². The first kappa shape index (κ1) is 13.0. The molecule has 0 aliphatic carbocycles. The van der Waals surface area contributed by atoms with E-state index in [1.807, 2.05) is 19.1 Å². The van der Waals surface area contributed by atoms with Crippen molar-refractivity contribution in [2.75, 3.05) is 6.61 Å². The largest absolute Gasteiger partial charge is 0.376 e. The number of ether oxygens (including phenoxy) is 1. The fourth-order valence-electron chi connectivity index (χ4n) is 1.57. The van der Waals surface area contributed by atoms with Gasteiger partial charge < -0.3 is 10.5 Å². The first-order valence-corrected chi connectivity index (χ1v) is 6.38. The Hall–Kier alpha value is -0.0900. The summed E-state index contributed by atoms with van der Waals surface area (Å²) >= 11 is 7.42. The number of rotatable bonds is 5. The van der Waals surface area contributed by atoms with Crippen molar-refractivity contribution in [1.29, 1.82) is 0 Å². The lowest BCUT2D eigenvalue weighted by atomic mass is 9.99. The molecule has 0 spiro atoms. The van der Waals surface area contributed by atoms with Crippen LogP contribution in [0, 0.1) is 5.92 Å². The quantitative estimate of drug-likeness (QED) is 0.865. The van der Waals surface area contributed by atoms with Gasteiger partial charge in [-0.25, -0.2) is 0 Å². The van der Waals surface area contributed by atoms with Crippen molar-refractivity contribution in [2.24, 2.45) is 11.7 Å². The second kappa shape index (κ2) is 5.85. The van der Waals surface area contributed by atoms with Crippen LogP contribution in [0.25, 0.3) is 0 Å². The third-order valence-corrected chi connectivity index (χ3v) is 3.63. The lowest BCUT2D eigenvalue weighted by Crippen LogP contribution is -2.32. The Kier molecular flexibility index (Phi) is 5.06. The number of thiophene rings is 1. The van der Waals surface area contributed by atoms with Gasteiger partial charge in [0.2, 0.25) is 0 Å². The minimum Gasteiger partial charge on any atom is -0.376 e. The summed E-state index contributed by atoms with van der Waals surface area (Å²) in [5, 5.41) is 0. The first-order chi connectivity index (χ1) is 7.06. The van der Waals surface area contributed by atoms with Gasteiger partial charge in [-0.05, 0) is 25.0 Å². The Bertz CT molecular complexity index is 301. The van der Waals surface area contributed by atoms with E-state index in [0.717, 1.165) is 9.21 Å². The average Bonchev–Trinajstić information content (AvgIpc) is 2.59. The lowest BCUT2D eigenvalue weighted by molar-refractivity contribution is 0.0129. The van der Waals surface area contributed by atoms with Gasteiger partial charge in [-0.15, -0.1) is 11.3 Å². The van der Waals surface area contributed by atoms with E-state index in [1.54, 1.807) is 0 Å². The van der Waals surface area contributed by atoms with Crippen LogP contribution in [0.4, 0.5) is 0 Å². The molecule has 2 N–H and O–H groups in total. The van der Waals surface area contributed by atoms with Gasteiger partial charge in [0.15, 0.2) is 0 Å². The fraction of sp³-hybridized carbons (Fsp3) is 0.636. The Labute approximate surface area is 100 Å². The third kappa shape index (κ3) is 3.45. The van der Waals surface area contributed by atoms with Crippen molar-refractivity contribution < 1.29 is 4.74 Å². The SMILES string of the molecule is CCOC(C(C)C)C(N)c1ccc(Cl)s1. The van der Waals surface area contributed by atoms with Crippen molar-refractivity contribution in [3.05, 3.63) is 21.3 Å². The van der Waals surface area contributed by atoms with E-state index in [9.17, 15) is 0 Å². The number of halogens is 1. The van der Waals surface area contributed by atoms with Crippen LogP contribution in [0.15, 0.2) is 12.1 Å². The summed E-state index contributed by atoms with van der Waals surface area (Å²) in [6, 6.07) is 3.78. The van der Waals surface area contributed by atoms with E-state index < -0.39 is 0 Å². The molecule has 86 valence electrons. The molecule has 2 nitrogen and oxygen atoms in total. The van der Waals surface area contributed by atoms with Crippen LogP contribution in [0.1, 0.15) is 31.7 Å². The lowest BCUT2D eigenvalue weighted by Gasteiger charge is -2.26. The van der Waals surface area contributed by atoms with Crippen molar-refractivity contribution in [3.63, 3.8) is 0 Å². The van der Waals surface area contributed by atoms with Gasteiger partial charge in [-0.2, -0.15) is 0 Å². The smallest absolute Gasteiger partial charge is 0.0931 e. The number of nitrogens with two attached hydrogens (primary N) is 1. The molecule has 0 aliphatic rings.